The van der Waals surface area contributed by atoms with Crippen molar-refractivity contribution in [3.05, 3.63) is 29.3 Å². The second-order valence-electron chi connectivity index (χ2n) is 7.26. The molecule has 2 atom stereocenters. The van der Waals surface area contributed by atoms with Crippen LogP contribution in [-0.2, 0) is 9.59 Å². The second-order valence-corrected chi connectivity index (χ2v) is 7.26. The van der Waals surface area contributed by atoms with Crippen LogP contribution < -0.4 is 16.0 Å². The molecule has 27 heavy (non-hydrogen) atoms. The summed E-state index contributed by atoms with van der Waals surface area (Å²) in [6.45, 7) is 1.39. The largest absolute Gasteiger partial charge is 0.367 e. The molecule has 3 heterocycles. The Bertz CT molecular complexity index is 837. The molecule has 0 radical (unpaired) electrons. The fraction of sp³-hybridized carbons (Fsp3) is 0.474. The fourth-order valence-electron chi connectivity index (χ4n) is 4.22. The number of fused-ring (bicyclic) bond motifs is 1. The minimum absolute atomic E-state index is 0.112. The Kier molecular flexibility index (Phi) is 4.43. The van der Waals surface area contributed by atoms with E-state index in [9.17, 15) is 19.2 Å². The number of piperidine rings is 2. The Morgan fingerprint density at radius 1 is 1.04 bits per heavy atom. The van der Waals surface area contributed by atoms with Gasteiger partial charge in [-0.2, -0.15) is 0 Å². The van der Waals surface area contributed by atoms with Gasteiger partial charge >= 0.3 is 0 Å². The highest BCUT2D eigenvalue weighted by molar-refractivity contribution is 6.23. The van der Waals surface area contributed by atoms with Crippen LogP contribution in [0.4, 0.5) is 5.69 Å². The highest BCUT2D eigenvalue weighted by atomic mass is 16.2. The van der Waals surface area contributed by atoms with E-state index in [4.69, 9.17) is 5.73 Å². The molecule has 0 aromatic heterocycles. The van der Waals surface area contributed by atoms with Gasteiger partial charge in [-0.25, -0.2) is 0 Å². The highest BCUT2D eigenvalue weighted by Gasteiger charge is 2.44. The number of rotatable bonds is 3. The molecule has 0 aliphatic carbocycles. The van der Waals surface area contributed by atoms with Crippen molar-refractivity contribution in [2.75, 3.05) is 18.0 Å². The summed E-state index contributed by atoms with van der Waals surface area (Å²) in [4.78, 5) is 52.3. The molecule has 1 aromatic rings. The molecule has 0 spiro atoms. The third-order valence-corrected chi connectivity index (χ3v) is 5.65. The van der Waals surface area contributed by atoms with Crippen LogP contribution in [0.25, 0.3) is 0 Å². The summed E-state index contributed by atoms with van der Waals surface area (Å²) >= 11 is 0. The van der Waals surface area contributed by atoms with Crippen LogP contribution in [0.1, 0.15) is 52.8 Å². The van der Waals surface area contributed by atoms with E-state index in [2.05, 4.69) is 10.2 Å². The number of nitrogens with zero attached hydrogens (tertiary/aromatic N) is 2. The van der Waals surface area contributed by atoms with E-state index < -0.39 is 23.8 Å². The van der Waals surface area contributed by atoms with Gasteiger partial charge in [0, 0.05) is 31.2 Å². The smallest absolute Gasteiger partial charge is 0.262 e. The van der Waals surface area contributed by atoms with E-state index in [1.54, 1.807) is 12.1 Å². The van der Waals surface area contributed by atoms with Gasteiger partial charge in [0.15, 0.2) is 0 Å². The summed E-state index contributed by atoms with van der Waals surface area (Å²) in [5.41, 5.74) is 7.38. The molecular weight excluding hydrogens is 348 g/mol. The third kappa shape index (κ3) is 2.90. The molecule has 4 amide bonds. The van der Waals surface area contributed by atoms with Crippen LogP contribution in [0, 0.1) is 0 Å². The average molecular weight is 370 g/mol. The van der Waals surface area contributed by atoms with E-state index in [-0.39, 0.29) is 24.8 Å². The highest BCUT2D eigenvalue weighted by Crippen LogP contribution is 2.32. The number of imide groups is 2. The fourth-order valence-corrected chi connectivity index (χ4v) is 4.22. The summed E-state index contributed by atoms with van der Waals surface area (Å²) in [7, 11) is 0. The van der Waals surface area contributed by atoms with Crippen molar-refractivity contribution in [2.24, 2.45) is 5.73 Å². The van der Waals surface area contributed by atoms with Crippen LogP contribution in [0.3, 0.4) is 0 Å². The molecule has 2 saturated heterocycles. The van der Waals surface area contributed by atoms with Crippen LogP contribution in [-0.4, -0.2) is 53.7 Å². The summed E-state index contributed by atoms with van der Waals surface area (Å²) in [5, 5.41) is 2.20. The Morgan fingerprint density at radius 2 is 1.81 bits per heavy atom. The Labute approximate surface area is 156 Å². The molecule has 3 aliphatic rings. The zero-order valence-electron chi connectivity index (χ0n) is 14.9. The first-order valence-electron chi connectivity index (χ1n) is 9.33. The van der Waals surface area contributed by atoms with E-state index in [0.29, 0.717) is 17.7 Å². The zero-order chi connectivity index (χ0) is 19.1. The molecule has 3 aliphatic heterocycles. The van der Waals surface area contributed by atoms with Crippen molar-refractivity contribution in [2.45, 2.75) is 44.2 Å². The van der Waals surface area contributed by atoms with Gasteiger partial charge < -0.3 is 10.6 Å². The van der Waals surface area contributed by atoms with Gasteiger partial charge in [-0.3, -0.25) is 29.4 Å². The van der Waals surface area contributed by atoms with Gasteiger partial charge in [0.1, 0.15) is 6.04 Å². The number of carbonyl (C=O) groups is 4. The van der Waals surface area contributed by atoms with E-state index in [0.717, 1.165) is 36.4 Å². The summed E-state index contributed by atoms with van der Waals surface area (Å²) in [5.74, 6) is -1.94. The average Bonchev–Trinajstić information content (AvgIpc) is 2.92. The quantitative estimate of drug-likeness (QED) is 0.745. The van der Waals surface area contributed by atoms with Crippen LogP contribution >= 0.6 is 0 Å². The van der Waals surface area contributed by atoms with Gasteiger partial charge in [0.25, 0.3) is 11.8 Å². The maximum atomic E-state index is 12.9. The minimum Gasteiger partial charge on any atom is -0.367 e. The van der Waals surface area contributed by atoms with Gasteiger partial charge in [0.05, 0.1) is 11.1 Å². The van der Waals surface area contributed by atoms with Crippen molar-refractivity contribution in [3.8, 4) is 0 Å². The topological polar surface area (TPSA) is 113 Å². The van der Waals surface area contributed by atoms with Gasteiger partial charge in [-0.15, -0.1) is 0 Å². The van der Waals surface area contributed by atoms with Crippen molar-refractivity contribution >= 4 is 29.3 Å². The third-order valence-electron chi connectivity index (χ3n) is 5.65. The second kappa shape index (κ2) is 6.77. The lowest BCUT2D eigenvalue weighted by molar-refractivity contribution is -0.136. The maximum absolute atomic E-state index is 12.9. The van der Waals surface area contributed by atoms with Gasteiger partial charge in [0.2, 0.25) is 11.8 Å². The number of carbonyl (C=O) groups excluding carboxylic acids is 4. The zero-order valence-corrected chi connectivity index (χ0v) is 14.9. The molecule has 1 aromatic carbocycles. The number of nitrogens with two attached hydrogens (primary N) is 1. The predicted octanol–water partition coefficient (Wildman–Crippen LogP) is 0.405. The standard InChI is InChI=1S/C19H22N4O4/c20-10-12-3-1-2-8-22(12)11-4-5-13-14(9-11)19(27)23(18(13)26)15-6-7-16(24)21-17(15)25/h4-5,9,12,15H,1-3,6-8,10,20H2,(H,21,24,25)/t12-,15?/m1/s1. The van der Waals surface area contributed by atoms with Crippen LogP contribution in [0.2, 0.25) is 0 Å². The number of benzene rings is 1. The van der Waals surface area contributed by atoms with Gasteiger partial charge in [-0.05, 0) is 43.9 Å². The molecule has 3 N–H and O–H groups in total. The van der Waals surface area contributed by atoms with E-state index in [1.165, 1.54) is 0 Å². The van der Waals surface area contributed by atoms with Crippen LogP contribution in [0.5, 0.6) is 0 Å². The van der Waals surface area contributed by atoms with Gasteiger partial charge in [-0.1, -0.05) is 0 Å². The number of amides is 4. The lowest BCUT2D eigenvalue weighted by Crippen LogP contribution is -2.54. The lowest BCUT2D eigenvalue weighted by Gasteiger charge is -2.37. The SMILES string of the molecule is NC[C@H]1CCCCN1c1ccc2c(c1)C(=O)N(C1CCC(=O)NC1=O)C2=O. The molecule has 142 valence electrons. The Hall–Kier alpha value is -2.74. The first-order chi connectivity index (χ1) is 13.0. The van der Waals surface area contributed by atoms with Crippen molar-refractivity contribution in [1.29, 1.82) is 0 Å². The minimum atomic E-state index is -0.940. The van der Waals surface area contributed by atoms with E-state index >= 15 is 0 Å². The summed E-state index contributed by atoms with van der Waals surface area (Å²) < 4.78 is 0. The Balaban J connectivity index is 1.64. The summed E-state index contributed by atoms with van der Waals surface area (Å²) in [6.07, 6.45) is 3.46. The number of hydrogen-bond acceptors (Lipinski definition) is 6. The molecule has 2 fully saturated rings. The summed E-state index contributed by atoms with van der Waals surface area (Å²) in [6, 6.07) is 4.50. The molecule has 8 nitrogen and oxygen atoms in total. The van der Waals surface area contributed by atoms with Crippen molar-refractivity contribution < 1.29 is 19.2 Å². The number of anilines is 1. The normalized spacial score (nSPS) is 25.7. The van der Waals surface area contributed by atoms with Crippen LogP contribution in [0.15, 0.2) is 18.2 Å². The predicted molar refractivity (Wildman–Crippen MR) is 97.2 cm³/mol. The first-order valence-corrected chi connectivity index (χ1v) is 9.33. The number of hydrogen-bond donors (Lipinski definition) is 2. The molecule has 0 saturated carbocycles. The first kappa shape index (κ1) is 17.7. The van der Waals surface area contributed by atoms with Crippen molar-refractivity contribution in [3.63, 3.8) is 0 Å². The van der Waals surface area contributed by atoms with Crippen molar-refractivity contribution in [1.82, 2.24) is 10.2 Å². The molecule has 1 unspecified atom stereocenters. The molecule has 4 rings (SSSR count). The lowest BCUT2D eigenvalue weighted by atomic mass is 10.00. The number of nitrogens with one attached hydrogen (secondary N) is 1. The monoisotopic (exact) mass is 370 g/mol. The molecule has 8 heteroatoms. The van der Waals surface area contributed by atoms with E-state index in [1.807, 2.05) is 6.07 Å². The molecule has 0 bridgehead atoms. The Morgan fingerprint density at radius 3 is 2.56 bits per heavy atom. The molecular formula is C19H22N4O4. The maximum Gasteiger partial charge on any atom is 0.262 e.